The van der Waals surface area contributed by atoms with Gasteiger partial charge in [0, 0.05) is 37.3 Å². The van der Waals surface area contributed by atoms with E-state index in [9.17, 15) is 4.39 Å². The van der Waals surface area contributed by atoms with Gasteiger partial charge in [0.05, 0.1) is 12.5 Å². The summed E-state index contributed by atoms with van der Waals surface area (Å²) in [6.07, 6.45) is 3.40. The van der Waals surface area contributed by atoms with Crippen LogP contribution in [0.4, 0.5) is 4.39 Å². The van der Waals surface area contributed by atoms with Crippen molar-refractivity contribution >= 4 is 0 Å². The topological polar surface area (TPSA) is 28.4 Å². The zero-order valence-electron chi connectivity index (χ0n) is 11.1. The number of hydrogen-bond acceptors (Lipinski definition) is 3. The number of nitrogens with one attached hydrogen (secondary N) is 1. The van der Waals surface area contributed by atoms with Gasteiger partial charge in [-0.05, 0) is 19.2 Å². The van der Waals surface area contributed by atoms with Gasteiger partial charge in [0.1, 0.15) is 5.82 Å². The molecule has 0 aliphatic rings. The van der Waals surface area contributed by atoms with E-state index in [1.165, 1.54) is 6.07 Å². The summed E-state index contributed by atoms with van der Waals surface area (Å²) in [6, 6.07) is 8.84. The number of furan rings is 1. The van der Waals surface area contributed by atoms with Crippen LogP contribution >= 0.6 is 0 Å². The Bertz CT molecular complexity index is 485. The van der Waals surface area contributed by atoms with Crippen molar-refractivity contribution in [1.29, 1.82) is 0 Å². The van der Waals surface area contributed by atoms with Crippen molar-refractivity contribution in [2.24, 2.45) is 0 Å². The standard InChI is InChI=1S/C15H19FN2O/c1-18(11-14-4-2-3-5-15(14)16)8-7-17-10-13-6-9-19-12-13/h2-6,9,12,17H,7-8,10-11H2,1H3. The van der Waals surface area contributed by atoms with Crippen molar-refractivity contribution in [2.75, 3.05) is 20.1 Å². The van der Waals surface area contributed by atoms with Crippen molar-refractivity contribution in [1.82, 2.24) is 10.2 Å². The molecule has 0 bridgehead atoms. The summed E-state index contributed by atoms with van der Waals surface area (Å²) in [5.41, 5.74) is 1.87. The fourth-order valence-corrected chi connectivity index (χ4v) is 1.89. The highest BCUT2D eigenvalue weighted by atomic mass is 19.1. The van der Waals surface area contributed by atoms with Crippen LogP contribution in [0, 0.1) is 5.82 Å². The molecule has 2 rings (SSSR count). The van der Waals surface area contributed by atoms with Crippen LogP contribution in [0.5, 0.6) is 0 Å². The van der Waals surface area contributed by atoms with E-state index in [2.05, 4.69) is 10.2 Å². The van der Waals surface area contributed by atoms with Gasteiger partial charge >= 0.3 is 0 Å². The van der Waals surface area contributed by atoms with E-state index in [0.717, 1.165) is 30.8 Å². The molecule has 1 heterocycles. The molecule has 19 heavy (non-hydrogen) atoms. The van der Waals surface area contributed by atoms with Crippen LogP contribution in [0.2, 0.25) is 0 Å². The van der Waals surface area contributed by atoms with Gasteiger partial charge in [0.25, 0.3) is 0 Å². The molecule has 102 valence electrons. The maximum absolute atomic E-state index is 13.5. The lowest BCUT2D eigenvalue weighted by molar-refractivity contribution is 0.319. The van der Waals surface area contributed by atoms with Crippen LogP contribution < -0.4 is 5.32 Å². The summed E-state index contributed by atoms with van der Waals surface area (Å²) >= 11 is 0. The number of benzene rings is 1. The Balaban J connectivity index is 1.67. The molecule has 0 unspecified atom stereocenters. The second kappa shape index (κ2) is 7.07. The quantitative estimate of drug-likeness (QED) is 0.778. The van der Waals surface area contributed by atoms with E-state index in [4.69, 9.17) is 4.42 Å². The van der Waals surface area contributed by atoms with Gasteiger partial charge in [0.15, 0.2) is 0 Å². The Labute approximate surface area is 113 Å². The molecular weight excluding hydrogens is 243 g/mol. The molecule has 4 heteroatoms. The predicted octanol–water partition coefficient (Wildman–Crippen LogP) is 2.64. The fourth-order valence-electron chi connectivity index (χ4n) is 1.89. The largest absolute Gasteiger partial charge is 0.472 e. The molecule has 2 aromatic rings. The lowest BCUT2D eigenvalue weighted by atomic mass is 10.2. The minimum atomic E-state index is -0.138. The molecule has 0 aliphatic carbocycles. The van der Waals surface area contributed by atoms with Crippen LogP contribution in [-0.4, -0.2) is 25.0 Å². The minimum Gasteiger partial charge on any atom is -0.472 e. The highest BCUT2D eigenvalue weighted by Crippen LogP contribution is 2.08. The number of likely N-dealkylation sites (N-methyl/N-ethyl adjacent to an activating group) is 1. The lowest BCUT2D eigenvalue weighted by Crippen LogP contribution is -2.28. The summed E-state index contributed by atoms with van der Waals surface area (Å²) in [7, 11) is 1.99. The Morgan fingerprint density at radius 3 is 2.84 bits per heavy atom. The smallest absolute Gasteiger partial charge is 0.127 e. The van der Waals surface area contributed by atoms with Gasteiger partial charge in [-0.25, -0.2) is 4.39 Å². The highest BCUT2D eigenvalue weighted by molar-refractivity contribution is 5.16. The molecule has 0 saturated carbocycles. The van der Waals surface area contributed by atoms with Crippen LogP contribution in [0.25, 0.3) is 0 Å². The van der Waals surface area contributed by atoms with E-state index in [-0.39, 0.29) is 5.82 Å². The second-order valence-electron chi connectivity index (χ2n) is 4.64. The van der Waals surface area contributed by atoms with E-state index in [0.29, 0.717) is 6.54 Å². The normalized spacial score (nSPS) is 11.1. The summed E-state index contributed by atoms with van der Waals surface area (Å²) in [5.74, 6) is -0.138. The molecule has 0 atom stereocenters. The summed E-state index contributed by atoms with van der Waals surface area (Å²) in [4.78, 5) is 2.10. The second-order valence-corrected chi connectivity index (χ2v) is 4.64. The predicted molar refractivity (Wildman–Crippen MR) is 73.1 cm³/mol. The minimum absolute atomic E-state index is 0.138. The van der Waals surface area contributed by atoms with E-state index >= 15 is 0 Å². The third-order valence-corrected chi connectivity index (χ3v) is 2.98. The molecule has 0 amide bonds. The van der Waals surface area contributed by atoms with Crippen LogP contribution in [0.1, 0.15) is 11.1 Å². The molecule has 1 N–H and O–H groups in total. The highest BCUT2D eigenvalue weighted by Gasteiger charge is 2.04. The van der Waals surface area contributed by atoms with Gasteiger partial charge in [0.2, 0.25) is 0 Å². The Hall–Kier alpha value is -1.65. The van der Waals surface area contributed by atoms with E-state index in [1.54, 1.807) is 18.6 Å². The molecule has 0 saturated heterocycles. The molecule has 0 spiro atoms. The number of rotatable bonds is 7. The number of hydrogen-bond donors (Lipinski definition) is 1. The number of nitrogens with zero attached hydrogens (tertiary/aromatic N) is 1. The fraction of sp³-hybridized carbons (Fsp3) is 0.333. The zero-order chi connectivity index (χ0) is 13.5. The first-order valence-electron chi connectivity index (χ1n) is 6.39. The number of halogens is 1. The Morgan fingerprint density at radius 2 is 2.11 bits per heavy atom. The molecule has 3 nitrogen and oxygen atoms in total. The lowest BCUT2D eigenvalue weighted by Gasteiger charge is -2.17. The van der Waals surface area contributed by atoms with Gasteiger partial charge in [-0.2, -0.15) is 0 Å². The maximum atomic E-state index is 13.5. The summed E-state index contributed by atoms with van der Waals surface area (Å²) in [6.45, 7) is 3.15. The molecule has 1 aromatic carbocycles. The SMILES string of the molecule is CN(CCNCc1ccoc1)Cc1ccccc1F. The Kier molecular flexibility index (Phi) is 5.12. The third-order valence-electron chi connectivity index (χ3n) is 2.98. The average Bonchev–Trinajstić information content (AvgIpc) is 2.91. The van der Waals surface area contributed by atoms with E-state index in [1.807, 2.05) is 25.2 Å². The zero-order valence-corrected chi connectivity index (χ0v) is 11.1. The van der Waals surface area contributed by atoms with Crippen molar-refractivity contribution in [2.45, 2.75) is 13.1 Å². The first-order chi connectivity index (χ1) is 9.25. The average molecular weight is 262 g/mol. The van der Waals surface area contributed by atoms with Crippen molar-refractivity contribution in [3.05, 3.63) is 59.8 Å². The molecule has 0 aliphatic heterocycles. The van der Waals surface area contributed by atoms with Gasteiger partial charge in [-0.15, -0.1) is 0 Å². The van der Waals surface area contributed by atoms with Crippen LogP contribution in [-0.2, 0) is 13.1 Å². The van der Waals surface area contributed by atoms with Crippen molar-refractivity contribution < 1.29 is 8.81 Å². The Morgan fingerprint density at radius 1 is 1.26 bits per heavy atom. The summed E-state index contributed by atoms with van der Waals surface area (Å²) in [5, 5.41) is 3.32. The van der Waals surface area contributed by atoms with E-state index < -0.39 is 0 Å². The van der Waals surface area contributed by atoms with Gasteiger partial charge < -0.3 is 14.6 Å². The molecule has 1 aromatic heterocycles. The van der Waals surface area contributed by atoms with Crippen molar-refractivity contribution in [3.8, 4) is 0 Å². The molecule has 0 radical (unpaired) electrons. The molecule has 0 fully saturated rings. The first-order valence-corrected chi connectivity index (χ1v) is 6.39. The van der Waals surface area contributed by atoms with Gasteiger partial charge in [-0.1, -0.05) is 18.2 Å². The van der Waals surface area contributed by atoms with Crippen molar-refractivity contribution in [3.63, 3.8) is 0 Å². The first kappa shape index (κ1) is 13.8. The van der Waals surface area contributed by atoms with Crippen LogP contribution in [0.3, 0.4) is 0 Å². The van der Waals surface area contributed by atoms with Gasteiger partial charge in [-0.3, -0.25) is 0 Å². The molecular formula is C15H19FN2O. The van der Waals surface area contributed by atoms with Crippen LogP contribution in [0.15, 0.2) is 47.3 Å². The monoisotopic (exact) mass is 262 g/mol. The summed E-state index contributed by atoms with van der Waals surface area (Å²) < 4.78 is 18.5. The maximum Gasteiger partial charge on any atom is 0.127 e. The third kappa shape index (κ3) is 4.50.